The van der Waals surface area contributed by atoms with Gasteiger partial charge in [0, 0.05) is 6.42 Å². The molecule has 0 saturated heterocycles. The molecule has 7 aromatic rings. The number of ether oxygens (including phenoxy) is 1. The van der Waals surface area contributed by atoms with Gasteiger partial charge in [-0.15, -0.1) is 0 Å². The van der Waals surface area contributed by atoms with Gasteiger partial charge < -0.3 is 9.84 Å². The van der Waals surface area contributed by atoms with Gasteiger partial charge in [-0.05, 0) is 51.1 Å². The lowest BCUT2D eigenvalue weighted by Crippen LogP contribution is -2.42. The summed E-state index contributed by atoms with van der Waals surface area (Å²) in [4.78, 5) is 20.0. The Morgan fingerprint density at radius 1 is 0.654 bits per heavy atom. The molecule has 258 valence electrons. The first kappa shape index (κ1) is 34.3. The van der Waals surface area contributed by atoms with E-state index in [9.17, 15) is 9.90 Å². The fourth-order valence-corrected chi connectivity index (χ4v) is 7.47. The molecule has 0 atom stereocenters. The number of aromatic hydroxyl groups is 1. The summed E-state index contributed by atoms with van der Waals surface area (Å²) in [7, 11) is 0. The molecule has 7 rings (SSSR count). The maximum atomic E-state index is 14.0. The number of hydroxylamine groups is 1. The summed E-state index contributed by atoms with van der Waals surface area (Å²) in [5.41, 5.74) is 9.28. The predicted molar refractivity (Wildman–Crippen MR) is 210 cm³/mol. The number of aromatic nitrogens is 1. The number of thiazole rings is 1. The summed E-state index contributed by atoms with van der Waals surface area (Å²) >= 11 is 1.07. The first-order valence-electron chi connectivity index (χ1n) is 17.1. The third-order valence-electron chi connectivity index (χ3n) is 9.04. The molecule has 0 aliphatic rings. The molecule has 0 unspecified atom stereocenters. The topological polar surface area (TPSA) is 72.7 Å². The van der Waals surface area contributed by atoms with Gasteiger partial charge in [-0.3, -0.25) is 19.7 Å². The molecule has 7 heteroatoms. The van der Waals surface area contributed by atoms with Gasteiger partial charge in [0.25, 0.3) is 0 Å². The normalized spacial score (nSPS) is 11.2. The van der Waals surface area contributed by atoms with Crippen LogP contribution < -0.4 is 15.1 Å². The van der Waals surface area contributed by atoms with Crippen molar-refractivity contribution in [3.8, 4) is 22.8 Å². The number of hydrogen-bond acceptors (Lipinski definition) is 6. The average molecular weight is 703 g/mol. The summed E-state index contributed by atoms with van der Waals surface area (Å²) in [5, 5.41) is 11.9. The smallest absolute Gasteiger partial charge is 0.311 e. The fraction of sp³-hybridized carbons (Fsp3) is 0.0889. The molecule has 0 bridgehead atoms. The minimum Gasteiger partial charge on any atom is -0.494 e. The highest BCUT2D eigenvalue weighted by atomic mass is 32.1. The minimum atomic E-state index is -1.09. The lowest BCUT2D eigenvalue weighted by molar-refractivity contribution is 0.0541. The lowest BCUT2D eigenvalue weighted by atomic mass is 9.76. The second kappa shape index (κ2) is 15.8. The van der Waals surface area contributed by atoms with E-state index >= 15 is 0 Å². The molecule has 0 radical (unpaired) electrons. The van der Waals surface area contributed by atoms with Crippen molar-refractivity contribution in [2.24, 2.45) is 0 Å². The van der Waals surface area contributed by atoms with E-state index in [2.05, 4.69) is 36.3 Å². The van der Waals surface area contributed by atoms with E-state index < -0.39 is 5.54 Å². The second-order valence-electron chi connectivity index (χ2n) is 12.3. The number of nitrogens with one attached hydrogen (secondary N) is 1. The van der Waals surface area contributed by atoms with Crippen LogP contribution in [-0.2, 0) is 16.8 Å². The Hall–Kier alpha value is -6.15. The van der Waals surface area contributed by atoms with E-state index in [-0.39, 0.29) is 10.8 Å². The Kier molecular flexibility index (Phi) is 10.4. The zero-order chi connectivity index (χ0) is 35.8. The minimum absolute atomic E-state index is 0.0507. The Labute approximate surface area is 307 Å². The van der Waals surface area contributed by atoms with Crippen LogP contribution >= 0.6 is 11.3 Å². The van der Waals surface area contributed by atoms with E-state index in [0.29, 0.717) is 36.0 Å². The number of hydrogen-bond donors (Lipinski definition) is 2. The molecule has 0 spiro atoms. The zero-order valence-electron chi connectivity index (χ0n) is 28.5. The summed E-state index contributed by atoms with van der Waals surface area (Å²) in [6.45, 7) is 4.73. The largest absolute Gasteiger partial charge is 0.494 e. The van der Waals surface area contributed by atoms with Crippen LogP contribution in [0.5, 0.6) is 11.6 Å². The van der Waals surface area contributed by atoms with Crippen molar-refractivity contribution in [2.45, 2.75) is 12.0 Å². The zero-order valence-corrected chi connectivity index (χ0v) is 29.3. The van der Waals surface area contributed by atoms with Gasteiger partial charge in [0.2, 0.25) is 5.88 Å². The Morgan fingerprint density at radius 3 is 1.69 bits per heavy atom. The van der Waals surface area contributed by atoms with Crippen molar-refractivity contribution in [1.29, 1.82) is 0 Å². The molecule has 1 heterocycles. The molecule has 52 heavy (non-hydrogen) atoms. The van der Waals surface area contributed by atoms with Crippen LogP contribution in [0, 0.1) is 0 Å². The number of rotatable bonds is 14. The molecular formula is C45H38N2O4S. The van der Waals surface area contributed by atoms with Gasteiger partial charge in [0.05, 0.1) is 10.6 Å². The van der Waals surface area contributed by atoms with E-state index in [1.807, 2.05) is 146 Å². The van der Waals surface area contributed by atoms with Crippen molar-refractivity contribution in [2.75, 3.05) is 13.2 Å². The van der Waals surface area contributed by atoms with Crippen molar-refractivity contribution in [1.82, 2.24) is 10.0 Å². The molecule has 0 amide bonds. The number of benzene rings is 6. The van der Waals surface area contributed by atoms with Gasteiger partial charge in [0.1, 0.15) is 24.5 Å². The van der Waals surface area contributed by atoms with Crippen molar-refractivity contribution >= 4 is 17.0 Å². The summed E-state index contributed by atoms with van der Waals surface area (Å²) in [5.74, 6) is 0.638. The molecule has 6 aromatic carbocycles. The number of nitrogens with zero attached hydrogens (tertiary/aromatic N) is 1. The quantitative estimate of drug-likeness (QED) is 0.0672. The lowest BCUT2D eigenvalue weighted by Gasteiger charge is -2.37. The monoisotopic (exact) mass is 702 g/mol. The standard InChI is InChI=1S/C45H38N2O4S/c1-33(35-24-26-37(27-25-35)36-14-6-2-7-15-36)46-51-31-30-50-41-28-22-34(23-29-41)32-42-43(48)47(44(49)52-42)45(38-16-8-3-9-17-38,39-18-10-4-11-19-39)40-20-12-5-13-21-40/h2-29,46,48H,1,30-32H2. The first-order chi connectivity index (χ1) is 25.5. The van der Waals surface area contributed by atoms with Crippen molar-refractivity contribution in [3.63, 3.8) is 0 Å². The van der Waals surface area contributed by atoms with Gasteiger partial charge in [-0.25, -0.2) is 0 Å². The van der Waals surface area contributed by atoms with Gasteiger partial charge in [0.15, 0.2) is 0 Å². The third-order valence-corrected chi connectivity index (χ3v) is 9.97. The molecule has 1 aromatic heterocycles. The Bertz CT molecular complexity index is 2170. The molecule has 0 saturated carbocycles. The summed E-state index contributed by atoms with van der Waals surface area (Å²) in [6.07, 6.45) is 0.384. The molecule has 0 aliphatic heterocycles. The highest BCUT2D eigenvalue weighted by Crippen LogP contribution is 2.43. The van der Waals surface area contributed by atoms with E-state index in [1.165, 1.54) is 0 Å². The maximum absolute atomic E-state index is 14.0. The highest BCUT2D eigenvalue weighted by molar-refractivity contribution is 7.09. The average Bonchev–Trinajstić information content (AvgIpc) is 3.48. The first-order valence-corrected chi connectivity index (χ1v) is 17.9. The molecular weight excluding hydrogens is 665 g/mol. The predicted octanol–water partition coefficient (Wildman–Crippen LogP) is 9.28. The molecule has 6 nitrogen and oxygen atoms in total. The summed E-state index contributed by atoms with van der Waals surface area (Å²) in [6, 6.07) is 55.7. The van der Waals surface area contributed by atoms with Crippen LogP contribution in [-0.4, -0.2) is 22.9 Å². The molecule has 2 N–H and O–H groups in total. The third kappa shape index (κ3) is 7.19. The Morgan fingerprint density at radius 2 is 1.15 bits per heavy atom. The fourth-order valence-electron chi connectivity index (χ4n) is 6.53. The van der Waals surface area contributed by atoms with Crippen LogP contribution in [0.2, 0.25) is 0 Å². The maximum Gasteiger partial charge on any atom is 0.311 e. The van der Waals surface area contributed by atoms with E-state index in [0.717, 1.165) is 50.3 Å². The van der Waals surface area contributed by atoms with Crippen molar-refractivity contribution in [3.05, 3.63) is 219 Å². The van der Waals surface area contributed by atoms with Crippen molar-refractivity contribution < 1.29 is 14.7 Å². The SMILES string of the molecule is C=C(NOCCOc1ccc(Cc2sc(=O)n(C(c3ccccc3)(c3ccccc3)c3ccccc3)c2O)cc1)c1ccc(-c2ccccc2)cc1. The van der Waals surface area contributed by atoms with Crippen LogP contribution in [0.4, 0.5) is 0 Å². The van der Waals surface area contributed by atoms with Gasteiger partial charge >= 0.3 is 4.87 Å². The highest BCUT2D eigenvalue weighted by Gasteiger charge is 2.42. The van der Waals surface area contributed by atoms with E-state index in [1.54, 1.807) is 4.57 Å². The van der Waals surface area contributed by atoms with Crippen LogP contribution in [0.3, 0.4) is 0 Å². The molecule has 0 aliphatic carbocycles. The second-order valence-corrected chi connectivity index (χ2v) is 13.3. The molecule has 0 fully saturated rings. The van der Waals surface area contributed by atoms with Gasteiger partial charge in [-0.1, -0.05) is 176 Å². The van der Waals surface area contributed by atoms with E-state index in [4.69, 9.17) is 9.57 Å². The van der Waals surface area contributed by atoms with Crippen LogP contribution in [0.15, 0.2) is 181 Å². The van der Waals surface area contributed by atoms with Gasteiger partial charge in [-0.2, -0.15) is 0 Å². The Balaban J connectivity index is 1.01. The van der Waals surface area contributed by atoms with Crippen LogP contribution in [0.25, 0.3) is 16.8 Å². The summed E-state index contributed by atoms with van der Waals surface area (Å²) < 4.78 is 7.46. The van der Waals surface area contributed by atoms with Crippen LogP contribution in [0.1, 0.15) is 32.7 Å².